The van der Waals surface area contributed by atoms with Crippen LogP contribution in [0, 0.1) is 10.1 Å². The Morgan fingerprint density at radius 1 is 1.53 bits per heavy atom. The molecule has 1 heterocycles. The van der Waals surface area contributed by atoms with E-state index in [1.807, 2.05) is 0 Å². The molecule has 1 aromatic rings. The maximum atomic E-state index is 12.9. The highest BCUT2D eigenvalue weighted by atomic mass is 19.3. The smallest absolute Gasteiger partial charge is 0.310 e. The second kappa shape index (κ2) is 6.03. The number of rotatable bonds is 5. The lowest BCUT2D eigenvalue weighted by atomic mass is 10.1. The first kappa shape index (κ1) is 14.7. The fourth-order valence-corrected chi connectivity index (χ4v) is 1.47. The molecular formula is C10H10F2N2O5. The van der Waals surface area contributed by atoms with Crippen LogP contribution in [0.4, 0.5) is 14.5 Å². The Labute approximate surface area is 106 Å². The lowest BCUT2D eigenvalue weighted by Crippen LogP contribution is -2.10. The summed E-state index contributed by atoms with van der Waals surface area (Å²) in [7, 11) is 2.15. The number of aromatic nitrogens is 1. The van der Waals surface area contributed by atoms with Crippen LogP contribution >= 0.6 is 0 Å². The third-order valence-corrected chi connectivity index (χ3v) is 2.28. The van der Waals surface area contributed by atoms with Crippen molar-refractivity contribution in [2.45, 2.75) is 12.8 Å². The summed E-state index contributed by atoms with van der Waals surface area (Å²) < 4.78 is 34.7. The van der Waals surface area contributed by atoms with Crippen LogP contribution in [0.15, 0.2) is 6.20 Å². The van der Waals surface area contributed by atoms with E-state index in [9.17, 15) is 23.7 Å². The molecule has 0 saturated carbocycles. The van der Waals surface area contributed by atoms with Crippen molar-refractivity contribution in [1.29, 1.82) is 0 Å². The second-order valence-corrected chi connectivity index (χ2v) is 3.37. The Morgan fingerprint density at radius 3 is 2.58 bits per heavy atom. The molecule has 7 nitrogen and oxygen atoms in total. The van der Waals surface area contributed by atoms with Gasteiger partial charge in [0.1, 0.15) is 0 Å². The van der Waals surface area contributed by atoms with E-state index < -0.39 is 40.9 Å². The van der Waals surface area contributed by atoms with Gasteiger partial charge in [-0.05, 0) is 0 Å². The van der Waals surface area contributed by atoms with Crippen molar-refractivity contribution in [1.82, 2.24) is 4.98 Å². The van der Waals surface area contributed by atoms with Gasteiger partial charge >= 0.3 is 5.97 Å². The fourth-order valence-electron chi connectivity index (χ4n) is 1.47. The topological polar surface area (TPSA) is 91.6 Å². The van der Waals surface area contributed by atoms with Crippen molar-refractivity contribution in [3.05, 3.63) is 27.4 Å². The summed E-state index contributed by atoms with van der Waals surface area (Å²) >= 11 is 0. The van der Waals surface area contributed by atoms with Gasteiger partial charge in [0.25, 0.3) is 12.1 Å². The van der Waals surface area contributed by atoms with Crippen molar-refractivity contribution >= 4 is 11.7 Å². The van der Waals surface area contributed by atoms with Gasteiger partial charge in [-0.1, -0.05) is 0 Å². The van der Waals surface area contributed by atoms with E-state index in [4.69, 9.17) is 0 Å². The van der Waals surface area contributed by atoms with Gasteiger partial charge in [0.05, 0.1) is 31.1 Å². The van der Waals surface area contributed by atoms with Crippen molar-refractivity contribution in [3.63, 3.8) is 0 Å². The number of carbonyl (C=O) groups excluding carboxylic acids is 1. The highest BCUT2D eigenvalue weighted by Crippen LogP contribution is 2.37. The SMILES string of the molecule is COC(=O)Cc1cnc(OC)c(C(F)F)c1[N+](=O)[O-]. The molecule has 0 unspecified atom stereocenters. The molecule has 1 rings (SSSR count). The summed E-state index contributed by atoms with van der Waals surface area (Å²) in [5.41, 5.74) is -2.09. The van der Waals surface area contributed by atoms with Crippen LogP contribution in [0.1, 0.15) is 17.6 Å². The minimum Gasteiger partial charge on any atom is -0.480 e. The first-order chi connectivity index (χ1) is 8.92. The number of ether oxygens (including phenoxy) is 2. The zero-order valence-electron chi connectivity index (χ0n) is 10.1. The molecule has 0 amide bonds. The highest BCUT2D eigenvalue weighted by molar-refractivity contribution is 5.74. The summed E-state index contributed by atoms with van der Waals surface area (Å²) in [5.74, 6) is -1.34. The number of pyridine rings is 1. The first-order valence-electron chi connectivity index (χ1n) is 4.97. The zero-order valence-corrected chi connectivity index (χ0v) is 10.1. The van der Waals surface area contributed by atoms with Crippen LogP contribution in [-0.4, -0.2) is 30.1 Å². The Kier molecular flexibility index (Phi) is 4.67. The number of hydrogen-bond acceptors (Lipinski definition) is 6. The van der Waals surface area contributed by atoms with Crippen molar-refractivity contribution < 1.29 is 28.0 Å². The minimum absolute atomic E-state index is 0.257. The van der Waals surface area contributed by atoms with Gasteiger partial charge in [-0.15, -0.1) is 0 Å². The molecule has 0 atom stereocenters. The lowest BCUT2D eigenvalue weighted by Gasteiger charge is -2.10. The summed E-state index contributed by atoms with van der Waals surface area (Å²) in [6.45, 7) is 0. The van der Waals surface area contributed by atoms with E-state index in [1.165, 1.54) is 0 Å². The Bertz CT molecular complexity index is 507. The predicted molar refractivity (Wildman–Crippen MR) is 58.1 cm³/mol. The molecule has 0 saturated heterocycles. The summed E-state index contributed by atoms with van der Waals surface area (Å²) in [6, 6.07) is 0. The first-order valence-corrected chi connectivity index (χ1v) is 4.97. The average Bonchev–Trinajstić information content (AvgIpc) is 2.37. The van der Waals surface area contributed by atoms with Gasteiger partial charge in [-0.2, -0.15) is 0 Å². The molecule has 0 aliphatic heterocycles. The van der Waals surface area contributed by atoms with E-state index in [-0.39, 0.29) is 5.56 Å². The number of nitro groups is 1. The van der Waals surface area contributed by atoms with Crippen LogP contribution in [0.3, 0.4) is 0 Å². The van der Waals surface area contributed by atoms with E-state index in [2.05, 4.69) is 14.5 Å². The van der Waals surface area contributed by atoms with Crippen LogP contribution in [0.5, 0.6) is 5.88 Å². The Hall–Kier alpha value is -2.32. The molecule has 0 spiro atoms. The third kappa shape index (κ3) is 3.12. The number of alkyl halides is 2. The number of methoxy groups -OCH3 is 2. The van der Waals surface area contributed by atoms with Crippen LogP contribution < -0.4 is 4.74 Å². The van der Waals surface area contributed by atoms with Crippen LogP contribution in [0.25, 0.3) is 0 Å². The zero-order chi connectivity index (χ0) is 14.6. The molecule has 0 N–H and O–H groups in total. The molecule has 104 valence electrons. The van der Waals surface area contributed by atoms with Crippen LogP contribution in [0.2, 0.25) is 0 Å². The quantitative estimate of drug-likeness (QED) is 0.461. The molecule has 0 radical (unpaired) electrons. The number of nitrogens with zero attached hydrogens (tertiary/aromatic N) is 2. The fraction of sp³-hybridized carbons (Fsp3) is 0.400. The van der Waals surface area contributed by atoms with Gasteiger partial charge in [0.2, 0.25) is 5.88 Å². The molecule has 9 heteroatoms. The molecule has 0 bridgehead atoms. The molecule has 19 heavy (non-hydrogen) atoms. The van der Waals surface area contributed by atoms with Gasteiger partial charge in [0, 0.05) is 6.20 Å². The van der Waals surface area contributed by atoms with Crippen molar-refractivity contribution in [2.24, 2.45) is 0 Å². The summed E-state index contributed by atoms with van der Waals surface area (Å²) in [4.78, 5) is 24.6. The number of halogens is 2. The largest absolute Gasteiger partial charge is 0.480 e. The van der Waals surface area contributed by atoms with Gasteiger partial charge in [-0.25, -0.2) is 13.8 Å². The monoisotopic (exact) mass is 276 g/mol. The van der Waals surface area contributed by atoms with E-state index in [1.54, 1.807) is 0 Å². The predicted octanol–water partition coefficient (Wildman–Crippen LogP) is 1.65. The van der Waals surface area contributed by atoms with Crippen LogP contribution in [-0.2, 0) is 16.0 Å². The summed E-state index contributed by atoms with van der Waals surface area (Å²) in [6.07, 6.45) is -2.73. The molecule has 0 fully saturated rings. The second-order valence-electron chi connectivity index (χ2n) is 3.37. The molecule has 0 aliphatic carbocycles. The molecule has 1 aromatic heterocycles. The van der Waals surface area contributed by atoms with E-state index >= 15 is 0 Å². The van der Waals surface area contributed by atoms with Gasteiger partial charge in [-0.3, -0.25) is 14.9 Å². The maximum Gasteiger partial charge on any atom is 0.310 e. The highest BCUT2D eigenvalue weighted by Gasteiger charge is 2.32. The molecular weight excluding hydrogens is 266 g/mol. The Balaban J connectivity index is 3.44. The third-order valence-electron chi connectivity index (χ3n) is 2.28. The molecule has 0 aliphatic rings. The lowest BCUT2D eigenvalue weighted by molar-refractivity contribution is -0.387. The normalized spacial score (nSPS) is 10.4. The summed E-state index contributed by atoms with van der Waals surface area (Å²) in [5, 5.41) is 10.9. The maximum absolute atomic E-state index is 12.9. The van der Waals surface area contributed by atoms with Crippen molar-refractivity contribution in [3.8, 4) is 5.88 Å². The van der Waals surface area contributed by atoms with E-state index in [0.29, 0.717) is 0 Å². The number of carbonyl (C=O) groups is 1. The van der Waals surface area contributed by atoms with E-state index in [0.717, 1.165) is 20.4 Å². The number of hydrogen-bond donors (Lipinski definition) is 0. The Morgan fingerprint density at radius 2 is 2.16 bits per heavy atom. The average molecular weight is 276 g/mol. The van der Waals surface area contributed by atoms with Crippen molar-refractivity contribution in [2.75, 3.05) is 14.2 Å². The number of esters is 1. The minimum atomic E-state index is -3.15. The van der Waals surface area contributed by atoms with Gasteiger partial charge < -0.3 is 9.47 Å². The van der Waals surface area contributed by atoms with Gasteiger partial charge in [0.15, 0.2) is 5.56 Å². The molecule has 0 aromatic carbocycles. The standard InChI is InChI=1S/C10H10F2N2O5/c1-18-6(15)3-5-4-13-10(19-2)7(9(11)12)8(5)14(16)17/h4,9H,3H2,1-2H3.